The van der Waals surface area contributed by atoms with Gasteiger partial charge in [0.05, 0.1) is 17.7 Å². The number of nitrogens with one attached hydrogen (secondary N) is 1. The number of hydrogen-bond acceptors (Lipinski definition) is 5. The highest BCUT2D eigenvalue weighted by molar-refractivity contribution is 7.92. The van der Waals surface area contributed by atoms with Crippen molar-refractivity contribution < 1.29 is 22.7 Å². The molecule has 3 aromatic rings. The van der Waals surface area contributed by atoms with Crippen LogP contribution in [0, 0.1) is 6.92 Å². The summed E-state index contributed by atoms with van der Waals surface area (Å²) in [4.78, 5) is 28.7. The molecule has 41 heavy (non-hydrogen) atoms. The number of hydrogen-bond donors (Lipinski definition) is 1. The van der Waals surface area contributed by atoms with Crippen LogP contribution < -0.4 is 14.4 Å². The first-order valence-electron chi connectivity index (χ1n) is 13.3. The summed E-state index contributed by atoms with van der Waals surface area (Å²) in [5.74, 6) is -0.715. The summed E-state index contributed by atoms with van der Waals surface area (Å²) in [6, 6.07) is 17.0. The lowest BCUT2D eigenvalue weighted by Crippen LogP contribution is -2.52. The van der Waals surface area contributed by atoms with Gasteiger partial charge in [0.2, 0.25) is 11.8 Å². The SMILES string of the molecule is CCCNC(=O)C(CC)N(Cc1ccccc1Cl)C(=O)CN(c1cc(Cl)ccc1OC)S(=O)(=O)c1ccc(C)cc1. The molecule has 8 nitrogen and oxygen atoms in total. The minimum absolute atomic E-state index is 0.00165. The van der Waals surface area contributed by atoms with Gasteiger partial charge in [0.25, 0.3) is 10.0 Å². The quantitative estimate of drug-likeness (QED) is 0.259. The molecule has 0 saturated heterocycles. The van der Waals surface area contributed by atoms with E-state index in [1.807, 2.05) is 13.8 Å². The van der Waals surface area contributed by atoms with Crippen LogP contribution in [0.25, 0.3) is 0 Å². The Morgan fingerprint density at radius 1 is 1.00 bits per heavy atom. The van der Waals surface area contributed by atoms with E-state index in [0.717, 1.165) is 16.3 Å². The molecule has 3 rings (SSSR count). The zero-order valence-electron chi connectivity index (χ0n) is 23.6. The van der Waals surface area contributed by atoms with Gasteiger partial charge in [-0.2, -0.15) is 0 Å². The van der Waals surface area contributed by atoms with E-state index >= 15 is 0 Å². The number of amides is 2. The molecule has 1 unspecified atom stereocenters. The molecule has 1 N–H and O–H groups in total. The van der Waals surface area contributed by atoms with E-state index in [1.54, 1.807) is 49.4 Å². The third-order valence-corrected chi connectivity index (χ3v) is 8.91. The van der Waals surface area contributed by atoms with Gasteiger partial charge in [-0.3, -0.25) is 13.9 Å². The topological polar surface area (TPSA) is 96.0 Å². The Balaban J connectivity index is 2.13. The summed E-state index contributed by atoms with van der Waals surface area (Å²) >= 11 is 12.7. The number of nitrogens with zero attached hydrogens (tertiary/aromatic N) is 2. The van der Waals surface area contributed by atoms with Gasteiger partial charge in [0, 0.05) is 23.1 Å². The van der Waals surface area contributed by atoms with Gasteiger partial charge in [-0.05, 0) is 61.7 Å². The van der Waals surface area contributed by atoms with Crippen LogP contribution in [-0.4, -0.2) is 51.4 Å². The number of ether oxygens (including phenoxy) is 1. The predicted molar refractivity (Wildman–Crippen MR) is 163 cm³/mol. The fourth-order valence-corrected chi connectivity index (χ4v) is 6.08. The van der Waals surface area contributed by atoms with Crippen LogP contribution in [-0.2, 0) is 26.2 Å². The molecule has 0 heterocycles. The first-order chi connectivity index (χ1) is 19.5. The third kappa shape index (κ3) is 7.93. The van der Waals surface area contributed by atoms with Crippen LogP contribution in [0.1, 0.15) is 37.8 Å². The average Bonchev–Trinajstić information content (AvgIpc) is 2.95. The minimum Gasteiger partial charge on any atom is -0.495 e. The largest absolute Gasteiger partial charge is 0.495 e. The molecule has 0 aliphatic carbocycles. The highest BCUT2D eigenvalue weighted by Crippen LogP contribution is 2.35. The van der Waals surface area contributed by atoms with Gasteiger partial charge in [-0.15, -0.1) is 0 Å². The van der Waals surface area contributed by atoms with Gasteiger partial charge in [-0.25, -0.2) is 8.42 Å². The Bertz CT molecular complexity index is 1470. The second-order valence-corrected chi connectivity index (χ2v) is 12.2. The van der Waals surface area contributed by atoms with E-state index in [2.05, 4.69) is 5.32 Å². The Labute approximate surface area is 252 Å². The van der Waals surface area contributed by atoms with Crippen molar-refractivity contribution in [2.75, 3.05) is 24.5 Å². The molecule has 0 aromatic heterocycles. The highest BCUT2D eigenvalue weighted by atomic mass is 35.5. The lowest BCUT2D eigenvalue weighted by atomic mass is 10.1. The molecule has 0 bridgehead atoms. The van der Waals surface area contributed by atoms with E-state index in [1.165, 1.54) is 36.3 Å². The maximum absolute atomic E-state index is 14.2. The molecule has 2 amide bonds. The van der Waals surface area contributed by atoms with Crippen molar-refractivity contribution in [2.24, 2.45) is 0 Å². The lowest BCUT2D eigenvalue weighted by Gasteiger charge is -2.33. The molecule has 0 spiro atoms. The molecule has 1 atom stereocenters. The first-order valence-corrected chi connectivity index (χ1v) is 15.5. The van der Waals surface area contributed by atoms with Gasteiger partial charge in [0.15, 0.2) is 0 Å². The molecular formula is C30H35Cl2N3O5S. The number of anilines is 1. The van der Waals surface area contributed by atoms with Gasteiger partial charge < -0.3 is 15.0 Å². The number of carbonyl (C=O) groups is 2. The van der Waals surface area contributed by atoms with E-state index in [9.17, 15) is 18.0 Å². The molecule has 0 fully saturated rings. The molecule has 0 aliphatic heterocycles. The first kappa shape index (κ1) is 32.2. The molecule has 0 aliphatic rings. The Hall–Kier alpha value is -3.27. The van der Waals surface area contributed by atoms with E-state index in [0.29, 0.717) is 23.6 Å². The normalized spacial score (nSPS) is 12.0. The van der Waals surface area contributed by atoms with Crippen LogP contribution >= 0.6 is 23.2 Å². The molecule has 11 heteroatoms. The monoisotopic (exact) mass is 619 g/mol. The van der Waals surface area contributed by atoms with Crippen LogP contribution in [0.4, 0.5) is 5.69 Å². The average molecular weight is 621 g/mol. The van der Waals surface area contributed by atoms with Gasteiger partial charge in [0.1, 0.15) is 18.3 Å². The number of benzene rings is 3. The zero-order chi connectivity index (χ0) is 30.2. The molecule has 220 valence electrons. The van der Waals surface area contributed by atoms with Crippen LogP contribution in [0.3, 0.4) is 0 Å². The number of sulfonamides is 1. The molecular weight excluding hydrogens is 585 g/mol. The Morgan fingerprint density at radius 2 is 1.68 bits per heavy atom. The fraction of sp³-hybridized carbons (Fsp3) is 0.333. The summed E-state index contributed by atoms with van der Waals surface area (Å²) < 4.78 is 34.6. The number of methoxy groups -OCH3 is 1. The summed E-state index contributed by atoms with van der Waals surface area (Å²) in [6.45, 7) is 5.40. The van der Waals surface area contributed by atoms with Gasteiger partial charge in [-0.1, -0.05) is 72.9 Å². The third-order valence-electron chi connectivity index (χ3n) is 6.53. The van der Waals surface area contributed by atoms with E-state index in [-0.39, 0.29) is 33.8 Å². The van der Waals surface area contributed by atoms with Crippen molar-refractivity contribution in [3.8, 4) is 5.75 Å². The van der Waals surface area contributed by atoms with Crippen molar-refractivity contribution >= 4 is 50.7 Å². The summed E-state index contributed by atoms with van der Waals surface area (Å²) in [6.07, 6.45) is 1.02. The summed E-state index contributed by atoms with van der Waals surface area (Å²) in [7, 11) is -2.87. The zero-order valence-corrected chi connectivity index (χ0v) is 25.9. The fourth-order valence-electron chi connectivity index (χ4n) is 4.30. The van der Waals surface area contributed by atoms with Crippen LogP contribution in [0.15, 0.2) is 71.6 Å². The lowest BCUT2D eigenvalue weighted by molar-refractivity contribution is -0.140. The van der Waals surface area contributed by atoms with Crippen molar-refractivity contribution in [3.63, 3.8) is 0 Å². The van der Waals surface area contributed by atoms with Gasteiger partial charge >= 0.3 is 0 Å². The maximum Gasteiger partial charge on any atom is 0.264 e. The molecule has 3 aromatic carbocycles. The van der Waals surface area contributed by atoms with Crippen LogP contribution in [0.5, 0.6) is 5.75 Å². The summed E-state index contributed by atoms with van der Waals surface area (Å²) in [5, 5.41) is 3.54. The predicted octanol–water partition coefficient (Wildman–Crippen LogP) is 5.84. The number of halogens is 2. The van der Waals surface area contributed by atoms with Crippen molar-refractivity contribution in [1.82, 2.24) is 10.2 Å². The number of carbonyl (C=O) groups excluding carboxylic acids is 2. The van der Waals surface area contributed by atoms with Crippen molar-refractivity contribution in [2.45, 2.75) is 51.1 Å². The van der Waals surface area contributed by atoms with E-state index in [4.69, 9.17) is 27.9 Å². The smallest absolute Gasteiger partial charge is 0.264 e. The second kappa shape index (κ2) is 14.6. The van der Waals surface area contributed by atoms with Crippen molar-refractivity contribution in [3.05, 3.63) is 87.9 Å². The van der Waals surface area contributed by atoms with Crippen molar-refractivity contribution in [1.29, 1.82) is 0 Å². The highest BCUT2D eigenvalue weighted by Gasteiger charge is 2.35. The standard InChI is InChI=1S/C30H35Cl2N3O5S/c1-5-17-33-30(37)26(6-2)34(19-22-9-7-8-10-25(22)32)29(36)20-35(27-18-23(31)13-16-28(27)40-4)41(38,39)24-14-11-21(3)12-15-24/h7-16,18,26H,5-6,17,19-20H2,1-4H3,(H,33,37). The molecule has 0 saturated carbocycles. The van der Waals surface area contributed by atoms with Crippen LogP contribution in [0.2, 0.25) is 10.0 Å². The molecule has 0 radical (unpaired) electrons. The maximum atomic E-state index is 14.2. The Morgan fingerprint density at radius 3 is 2.29 bits per heavy atom. The number of aryl methyl sites for hydroxylation is 1. The Kier molecular flexibility index (Phi) is 11.5. The minimum atomic E-state index is -4.28. The number of rotatable bonds is 13. The second-order valence-electron chi connectivity index (χ2n) is 9.47. The summed E-state index contributed by atoms with van der Waals surface area (Å²) in [5.41, 5.74) is 1.59. The van der Waals surface area contributed by atoms with E-state index < -0.39 is 28.5 Å².